The molecule has 3 amide bonds. The van der Waals surface area contributed by atoms with Gasteiger partial charge in [0.25, 0.3) is 0 Å². The first kappa shape index (κ1) is 25.5. The average Bonchev–Trinajstić information content (AvgIpc) is 3.11. The standard InChI is InChI=1S/C21H19ClF4N4O3S/c22-12-3-4-16-14(7-12)17(9-28-16)30-20(32)29-13-6-11(10-34-21(24,25)26)19(15(23)8-13)33-5-1-2-18(27)31/h3-4,6-9,28H,1-2,5,10H2,(H2,27,31)(H2,29,30,32). The highest BCUT2D eigenvalue weighted by Gasteiger charge is 2.29. The van der Waals surface area contributed by atoms with E-state index in [2.05, 4.69) is 15.6 Å². The van der Waals surface area contributed by atoms with Crippen LogP contribution < -0.4 is 21.1 Å². The van der Waals surface area contributed by atoms with E-state index in [-0.39, 0.29) is 42.5 Å². The van der Waals surface area contributed by atoms with Crippen molar-refractivity contribution in [2.45, 2.75) is 24.1 Å². The van der Waals surface area contributed by atoms with Gasteiger partial charge in [0.05, 0.1) is 12.3 Å². The minimum atomic E-state index is -4.56. The minimum Gasteiger partial charge on any atom is -0.490 e. The second kappa shape index (κ2) is 10.9. The SMILES string of the molecule is NC(=O)CCCOc1c(F)cc(NC(=O)Nc2c[nH]c3ccc(Cl)cc23)cc1CSC(F)(F)F. The number of hydrogen-bond donors (Lipinski definition) is 4. The van der Waals surface area contributed by atoms with Crippen LogP contribution in [-0.4, -0.2) is 29.0 Å². The predicted molar refractivity (Wildman–Crippen MR) is 124 cm³/mol. The Morgan fingerprint density at radius 1 is 1.18 bits per heavy atom. The number of alkyl halides is 3. The fourth-order valence-electron chi connectivity index (χ4n) is 3.05. The Labute approximate surface area is 200 Å². The molecule has 1 heterocycles. The summed E-state index contributed by atoms with van der Waals surface area (Å²) in [5, 5.41) is 6.07. The molecule has 0 saturated carbocycles. The molecule has 0 aliphatic heterocycles. The number of amides is 3. The number of carbonyl (C=O) groups excluding carboxylic acids is 2. The van der Waals surface area contributed by atoms with Crippen LogP contribution in [0.5, 0.6) is 5.75 Å². The summed E-state index contributed by atoms with van der Waals surface area (Å²) in [6.45, 7) is -0.125. The normalized spacial score (nSPS) is 11.4. The van der Waals surface area contributed by atoms with Gasteiger partial charge in [-0.2, -0.15) is 13.2 Å². The van der Waals surface area contributed by atoms with Crippen LogP contribution in [0.4, 0.5) is 33.7 Å². The summed E-state index contributed by atoms with van der Waals surface area (Å²) in [4.78, 5) is 26.2. The van der Waals surface area contributed by atoms with E-state index in [9.17, 15) is 27.2 Å². The molecule has 1 aromatic heterocycles. The van der Waals surface area contributed by atoms with E-state index in [1.165, 1.54) is 12.3 Å². The topological polar surface area (TPSA) is 109 Å². The molecule has 0 atom stereocenters. The predicted octanol–water partition coefficient (Wildman–Crippen LogP) is 6.00. The van der Waals surface area contributed by atoms with Crippen molar-refractivity contribution in [3.8, 4) is 5.75 Å². The van der Waals surface area contributed by atoms with Crippen LogP contribution >= 0.6 is 23.4 Å². The third-order valence-corrected chi connectivity index (χ3v) is 5.49. The molecule has 2 aromatic carbocycles. The Balaban J connectivity index is 1.76. The number of rotatable bonds is 9. The Morgan fingerprint density at radius 2 is 1.94 bits per heavy atom. The lowest BCUT2D eigenvalue weighted by Crippen LogP contribution is -2.19. The summed E-state index contributed by atoms with van der Waals surface area (Å²) in [6.07, 6.45) is 1.68. The Bertz CT molecular complexity index is 1200. The van der Waals surface area contributed by atoms with Crippen LogP contribution in [0.2, 0.25) is 5.02 Å². The van der Waals surface area contributed by atoms with E-state index in [0.29, 0.717) is 16.1 Å². The molecule has 13 heteroatoms. The van der Waals surface area contributed by atoms with Crippen LogP contribution in [0.25, 0.3) is 10.9 Å². The molecule has 0 spiro atoms. The van der Waals surface area contributed by atoms with Crippen LogP contribution in [0, 0.1) is 5.82 Å². The molecule has 0 radical (unpaired) electrons. The molecule has 0 saturated heterocycles. The number of H-pyrrole nitrogens is 1. The fraction of sp³-hybridized carbons (Fsp3) is 0.238. The summed E-state index contributed by atoms with van der Waals surface area (Å²) in [6, 6.07) is 6.41. The number of primary amides is 1. The molecular weight excluding hydrogens is 500 g/mol. The van der Waals surface area contributed by atoms with Crippen molar-refractivity contribution in [1.29, 1.82) is 0 Å². The summed E-state index contributed by atoms with van der Waals surface area (Å²) in [5.41, 5.74) is 1.40. The van der Waals surface area contributed by atoms with Crippen molar-refractivity contribution in [3.63, 3.8) is 0 Å². The second-order valence-corrected chi connectivity index (χ2v) is 8.55. The lowest BCUT2D eigenvalue weighted by atomic mass is 10.2. The van der Waals surface area contributed by atoms with Crippen molar-refractivity contribution >= 4 is 57.6 Å². The highest BCUT2D eigenvalue weighted by Crippen LogP contribution is 2.37. The van der Waals surface area contributed by atoms with Crippen LogP contribution in [0.15, 0.2) is 36.5 Å². The van der Waals surface area contributed by atoms with E-state index in [4.69, 9.17) is 22.1 Å². The van der Waals surface area contributed by atoms with Gasteiger partial charge in [-0.15, -0.1) is 0 Å². The number of urea groups is 1. The Kier molecular flexibility index (Phi) is 8.15. The molecule has 0 unspecified atom stereocenters. The molecule has 3 aromatic rings. The molecule has 0 aliphatic carbocycles. The maximum atomic E-state index is 14.7. The first-order chi connectivity index (χ1) is 16.0. The van der Waals surface area contributed by atoms with Gasteiger partial charge in [-0.25, -0.2) is 9.18 Å². The smallest absolute Gasteiger partial charge is 0.442 e. The number of nitrogens with two attached hydrogens (primary N) is 1. The Hall–Kier alpha value is -3.12. The van der Waals surface area contributed by atoms with Crippen molar-refractivity contribution in [3.05, 3.63) is 52.9 Å². The fourth-order valence-corrected chi connectivity index (χ4v) is 3.76. The van der Waals surface area contributed by atoms with Gasteiger partial charge < -0.3 is 26.1 Å². The lowest BCUT2D eigenvalue weighted by Gasteiger charge is -2.15. The van der Waals surface area contributed by atoms with E-state index in [0.717, 1.165) is 11.6 Å². The molecular formula is C21H19ClF4N4O3S. The molecule has 34 heavy (non-hydrogen) atoms. The monoisotopic (exact) mass is 518 g/mol. The molecule has 0 bridgehead atoms. The van der Waals surface area contributed by atoms with E-state index >= 15 is 0 Å². The zero-order chi connectivity index (χ0) is 24.9. The third kappa shape index (κ3) is 7.19. The zero-order valence-electron chi connectivity index (χ0n) is 17.4. The molecule has 0 fully saturated rings. The number of nitrogens with one attached hydrogen (secondary N) is 3. The van der Waals surface area contributed by atoms with Gasteiger partial charge >= 0.3 is 11.5 Å². The Morgan fingerprint density at radius 3 is 2.65 bits per heavy atom. The molecule has 182 valence electrons. The van der Waals surface area contributed by atoms with E-state index in [1.807, 2.05) is 0 Å². The maximum absolute atomic E-state index is 14.7. The lowest BCUT2D eigenvalue weighted by molar-refractivity contribution is -0.118. The quantitative estimate of drug-likeness (QED) is 0.206. The first-order valence-electron chi connectivity index (χ1n) is 9.80. The van der Waals surface area contributed by atoms with Crippen molar-refractivity contribution in [1.82, 2.24) is 4.98 Å². The third-order valence-electron chi connectivity index (χ3n) is 4.48. The number of aromatic nitrogens is 1. The number of thioether (sulfide) groups is 1. The largest absolute Gasteiger partial charge is 0.490 e. The van der Waals surface area contributed by atoms with Crippen LogP contribution in [-0.2, 0) is 10.5 Å². The van der Waals surface area contributed by atoms with Crippen molar-refractivity contribution in [2.24, 2.45) is 5.73 Å². The first-order valence-corrected chi connectivity index (χ1v) is 11.2. The second-order valence-electron chi connectivity index (χ2n) is 7.07. The van der Waals surface area contributed by atoms with Crippen molar-refractivity contribution in [2.75, 3.05) is 17.2 Å². The maximum Gasteiger partial charge on any atom is 0.442 e. The number of aromatic amines is 1. The summed E-state index contributed by atoms with van der Waals surface area (Å²) in [7, 11) is 0. The summed E-state index contributed by atoms with van der Waals surface area (Å²) >= 11 is 5.61. The van der Waals surface area contributed by atoms with Gasteiger partial charge in [0.15, 0.2) is 11.6 Å². The zero-order valence-corrected chi connectivity index (χ0v) is 19.0. The number of fused-ring (bicyclic) bond motifs is 1. The summed E-state index contributed by atoms with van der Waals surface area (Å²) in [5.74, 6) is -2.59. The highest BCUT2D eigenvalue weighted by molar-refractivity contribution is 7.99. The highest BCUT2D eigenvalue weighted by atomic mass is 35.5. The molecule has 7 nitrogen and oxygen atoms in total. The van der Waals surface area contributed by atoms with E-state index in [1.54, 1.807) is 18.2 Å². The van der Waals surface area contributed by atoms with E-state index < -0.39 is 34.8 Å². The number of halogens is 5. The van der Waals surface area contributed by atoms with Gasteiger partial charge in [0.2, 0.25) is 5.91 Å². The van der Waals surface area contributed by atoms with Gasteiger partial charge in [0.1, 0.15) is 0 Å². The molecule has 0 aliphatic rings. The number of benzene rings is 2. The number of anilines is 2. The summed E-state index contributed by atoms with van der Waals surface area (Å²) < 4.78 is 58.2. The van der Waals surface area contributed by atoms with Crippen LogP contribution in [0.3, 0.4) is 0 Å². The van der Waals surface area contributed by atoms with Gasteiger partial charge in [-0.1, -0.05) is 11.6 Å². The minimum absolute atomic E-state index is 0.0207. The van der Waals surface area contributed by atoms with Crippen LogP contribution in [0.1, 0.15) is 18.4 Å². The molecule has 3 rings (SSSR count). The van der Waals surface area contributed by atoms with Crippen molar-refractivity contribution < 1.29 is 31.9 Å². The van der Waals surface area contributed by atoms with Gasteiger partial charge in [-0.3, -0.25) is 4.79 Å². The average molecular weight is 519 g/mol. The van der Waals surface area contributed by atoms with Gasteiger partial charge in [0, 0.05) is 51.6 Å². The number of hydrogen-bond acceptors (Lipinski definition) is 4. The number of carbonyl (C=O) groups is 2. The number of ether oxygens (including phenoxy) is 1. The van der Waals surface area contributed by atoms with Gasteiger partial charge in [-0.05, 0) is 42.4 Å². The molecule has 5 N–H and O–H groups in total.